The monoisotopic (exact) mass is 297 g/mol. The molecular weight excluding hydrogens is 270 g/mol. The molecule has 120 valence electrons. The molecule has 2 aliphatic rings. The standard InChI is InChI=1S/C16H27NO4/c1-16(2,3)21-15(19)13-8-4-5-9-17(13)14(18)12-7-6-10-20-11-12/h12-13H,4-11H2,1-3H3. The number of likely N-dealkylation sites (tertiary alicyclic amines) is 1. The highest BCUT2D eigenvalue weighted by molar-refractivity contribution is 5.86. The molecule has 0 spiro atoms. The second-order valence-electron chi connectivity index (χ2n) is 6.99. The van der Waals surface area contributed by atoms with Gasteiger partial charge in [0.1, 0.15) is 11.6 Å². The summed E-state index contributed by atoms with van der Waals surface area (Å²) >= 11 is 0. The van der Waals surface area contributed by atoms with Gasteiger partial charge < -0.3 is 14.4 Å². The highest BCUT2D eigenvalue weighted by Gasteiger charge is 2.38. The molecule has 0 radical (unpaired) electrons. The summed E-state index contributed by atoms with van der Waals surface area (Å²) in [6.45, 7) is 7.44. The summed E-state index contributed by atoms with van der Waals surface area (Å²) < 4.78 is 10.9. The Morgan fingerprint density at radius 1 is 1.14 bits per heavy atom. The largest absolute Gasteiger partial charge is 0.458 e. The average molecular weight is 297 g/mol. The minimum absolute atomic E-state index is 0.0604. The molecule has 5 nitrogen and oxygen atoms in total. The van der Waals surface area contributed by atoms with Gasteiger partial charge in [-0.15, -0.1) is 0 Å². The third-order valence-corrected chi connectivity index (χ3v) is 3.97. The van der Waals surface area contributed by atoms with Gasteiger partial charge in [0.05, 0.1) is 12.5 Å². The Labute approximate surface area is 127 Å². The van der Waals surface area contributed by atoms with Gasteiger partial charge in [0.15, 0.2) is 0 Å². The van der Waals surface area contributed by atoms with E-state index in [0.717, 1.165) is 32.3 Å². The fraction of sp³-hybridized carbons (Fsp3) is 0.875. The molecule has 0 aromatic heterocycles. The number of ether oxygens (including phenoxy) is 2. The van der Waals surface area contributed by atoms with Crippen molar-refractivity contribution in [2.75, 3.05) is 19.8 Å². The van der Waals surface area contributed by atoms with Crippen molar-refractivity contribution >= 4 is 11.9 Å². The number of rotatable bonds is 2. The zero-order chi connectivity index (χ0) is 15.5. The number of carbonyl (C=O) groups is 2. The summed E-state index contributed by atoms with van der Waals surface area (Å²) in [7, 11) is 0. The summed E-state index contributed by atoms with van der Waals surface area (Å²) in [5.41, 5.74) is -0.517. The van der Waals surface area contributed by atoms with Crippen molar-refractivity contribution < 1.29 is 19.1 Å². The van der Waals surface area contributed by atoms with Gasteiger partial charge in [-0.25, -0.2) is 4.79 Å². The van der Waals surface area contributed by atoms with E-state index in [1.54, 1.807) is 4.90 Å². The molecule has 0 aliphatic carbocycles. The predicted octanol–water partition coefficient (Wildman–Crippen LogP) is 2.14. The summed E-state index contributed by atoms with van der Waals surface area (Å²) in [6.07, 6.45) is 4.40. The lowest BCUT2D eigenvalue weighted by molar-refractivity contribution is -0.168. The molecule has 5 heteroatoms. The normalized spacial score (nSPS) is 27.3. The molecule has 0 bridgehead atoms. The Hall–Kier alpha value is -1.10. The van der Waals surface area contributed by atoms with Crippen LogP contribution in [-0.2, 0) is 19.1 Å². The van der Waals surface area contributed by atoms with E-state index in [1.807, 2.05) is 20.8 Å². The third kappa shape index (κ3) is 4.43. The summed E-state index contributed by atoms with van der Waals surface area (Å²) in [5.74, 6) is -0.306. The molecule has 2 fully saturated rings. The first-order valence-electron chi connectivity index (χ1n) is 7.99. The van der Waals surface area contributed by atoms with Crippen LogP contribution in [0.15, 0.2) is 0 Å². The Morgan fingerprint density at radius 2 is 1.90 bits per heavy atom. The summed E-state index contributed by atoms with van der Waals surface area (Å²) in [4.78, 5) is 26.8. The van der Waals surface area contributed by atoms with Gasteiger partial charge in [0, 0.05) is 13.2 Å². The van der Waals surface area contributed by atoms with E-state index in [0.29, 0.717) is 19.6 Å². The van der Waals surface area contributed by atoms with E-state index in [-0.39, 0.29) is 17.8 Å². The minimum atomic E-state index is -0.517. The van der Waals surface area contributed by atoms with Crippen molar-refractivity contribution in [1.82, 2.24) is 4.90 Å². The minimum Gasteiger partial charge on any atom is -0.458 e. The second-order valence-corrected chi connectivity index (χ2v) is 6.99. The maximum atomic E-state index is 12.7. The maximum absolute atomic E-state index is 12.7. The molecule has 0 saturated carbocycles. The molecule has 0 aromatic carbocycles. The van der Waals surface area contributed by atoms with Gasteiger partial charge >= 0.3 is 5.97 Å². The lowest BCUT2D eigenvalue weighted by Crippen LogP contribution is -2.52. The molecule has 1 amide bonds. The van der Waals surface area contributed by atoms with Gasteiger partial charge in [-0.2, -0.15) is 0 Å². The third-order valence-electron chi connectivity index (χ3n) is 3.97. The van der Waals surface area contributed by atoms with Crippen LogP contribution in [0.25, 0.3) is 0 Å². The zero-order valence-corrected chi connectivity index (χ0v) is 13.4. The molecule has 2 aliphatic heterocycles. The maximum Gasteiger partial charge on any atom is 0.329 e. The number of amides is 1. The summed E-state index contributed by atoms with van der Waals surface area (Å²) in [5, 5.41) is 0. The lowest BCUT2D eigenvalue weighted by atomic mass is 9.96. The van der Waals surface area contributed by atoms with Crippen LogP contribution in [0.1, 0.15) is 52.9 Å². The molecule has 21 heavy (non-hydrogen) atoms. The van der Waals surface area contributed by atoms with E-state index in [1.165, 1.54) is 0 Å². The molecule has 2 atom stereocenters. The molecule has 2 heterocycles. The number of nitrogens with zero attached hydrogens (tertiary/aromatic N) is 1. The van der Waals surface area contributed by atoms with E-state index >= 15 is 0 Å². The fourth-order valence-electron chi connectivity index (χ4n) is 2.98. The fourth-order valence-corrected chi connectivity index (χ4v) is 2.98. The number of carbonyl (C=O) groups excluding carboxylic acids is 2. The van der Waals surface area contributed by atoms with Gasteiger partial charge in [-0.05, 0) is 52.9 Å². The van der Waals surface area contributed by atoms with Crippen LogP contribution in [0.5, 0.6) is 0 Å². The van der Waals surface area contributed by atoms with Crippen molar-refractivity contribution in [2.45, 2.75) is 64.5 Å². The van der Waals surface area contributed by atoms with Crippen LogP contribution in [0, 0.1) is 5.92 Å². The van der Waals surface area contributed by atoms with Crippen LogP contribution in [-0.4, -0.2) is 48.2 Å². The first-order valence-corrected chi connectivity index (χ1v) is 7.99. The molecule has 2 unspecified atom stereocenters. The Kier molecular flexibility index (Phi) is 5.25. The van der Waals surface area contributed by atoms with Crippen LogP contribution in [0.4, 0.5) is 0 Å². The van der Waals surface area contributed by atoms with E-state index < -0.39 is 11.6 Å². The first kappa shape index (κ1) is 16.3. The van der Waals surface area contributed by atoms with E-state index in [2.05, 4.69) is 0 Å². The average Bonchev–Trinajstić information content (AvgIpc) is 2.45. The summed E-state index contributed by atoms with van der Waals surface area (Å²) in [6, 6.07) is -0.424. The van der Waals surface area contributed by atoms with Crippen molar-refractivity contribution in [3.8, 4) is 0 Å². The first-order chi connectivity index (χ1) is 9.88. The van der Waals surface area contributed by atoms with Crippen LogP contribution < -0.4 is 0 Å². The number of hydrogen-bond acceptors (Lipinski definition) is 4. The SMILES string of the molecule is CC(C)(C)OC(=O)C1CCCCN1C(=O)C1CCCOC1. The van der Waals surface area contributed by atoms with E-state index in [9.17, 15) is 9.59 Å². The van der Waals surface area contributed by atoms with Gasteiger partial charge in [0.25, 0.3) is 0 Å². The Bertz CT molecular complexity index is 382. The topological polar surface area (TPSA) is 55.8 Å². The smallest absolute Gasteiger partial charge is 0.329 e. The molecule has 2 saturated heterocycles. The highest BCUT2D eigenvalue weighted by atomic mass is 16.6. The molecule has 2 rings (SSSR count). The van der Waals surface area contributed by atoms with Crippen molar-refractivity contribution in [3.63, 3.8) is 0 Å². The number of piperidine rings is 1. The van der Waals surface area contributed by atoms with Crippen LogP contribution in [0.3, 0.4) is 0 Å². The lowest BCUT2D eigenvalue weighted by Gasteiger charge is -2.38. The van der Waals surface area contributed by atoms with Gasteiger partial charge in [-0.1, -0.05) is 0 Å². The van der Waals surface area contributed by atoms with Gasteiger partial charge in [0.2, 0.25) is 5.91 Å². The van der Waals surface area contributed by atoms with Crippen LogP contribution in [0.2, 0.25) is 0 Å². The van der Waals surface area contributed by atoms with Gasteiger partial charge in [-0.3, -0.25) is 4.79 Å². The van der Waals surface area contributed by atoms with E-state index in [4.69, 9.17) is 9.47 Å². The molecule has 0 aromatic rings. The second kappa shape index (κ2) is 6.77. The number of esters is 1. The number of hydrogen-bond donors (Lipinski definition) is 0. The van der Waals surface area contributed by atoms with Crippen molar-refractivity contribution in [1.29, 1.82) is 0 Å². The quantitative estimate of drug-likeness (QED) is 0.733. The highest BCUT2D eigenvalue weighted by Crippen LogP contribution is 2.25. The predicted molar refractivity (Wildman–Crippen MR) is 78.7 cm³/mol. The molecular formula is C16H27NO4. The molecule has 0 N–H and O–H groups in total. The van der Waals surface area contributed by atoms with Crippen LogP contribution >= 0.6 is 0 Å². The zero-order valence-electron chi connectivity index (χ0n) is 13.4. The Balaban J connectivity index is 2.04. The Morgan fingerprint density at radius 3 is 2.52 bits per heavy atom. The van der Waals surface area contributed by atoms with Crippen molar-refractivity contribution in [3.05, 3.63) is 0 Å². The van der Waals surface area contributed by atoms with Crippen molar-refractivity contribution in [2.24, 2.45) is 5.92 Å².